The van der Waals surface area contributed by atoms with Crippen molar-refractivity contribution in [3.05, 3.63) is 35.1 Å². The van der Waals surface area contributed by atoms with Crippen molar-refractivity contribution in [1.82, 2.24) is 0 Å². The average molecular weight is 270 g/mol. The van der Waals surface area contributed by atoms with E-state index in [1.807, 2.05) is 0 Å². The maximum atomic E-state index is 13.5. The molecule has 1 aromatic rings. The predicted molar refractivity (Wildman–Crippen MR) is 66.5 cm³/mol. The Bertz CT molecular complexity index is 463. The summed E-state index contributed by atoms with van der Waals surface area (Å²) in [7, 11) is 0. The number of ketones is 1. The molecule has 1 aromatic carbocycles. The summed E-state index contributed by atoms with van der Waals surface area (Å²) in [6.45, 7) is 0. The van der Waals surface area contributed by atoms with Gasteiger partial charge in [-0.25, -0.2) is 13.2 Å². The van der Waals surface area contributed by atoms with E-state index >= 15 is 0 Å². The minimum absolute atomic E-state index is 0.224. The summed E-state index contributed by atoms with van der Waals surface area (Å²) >= 11 is 0. The highest BCUT2D eigenvalue weighted by molar-refractivity contribution is 5.96. The second kappa shape index (κ2) is 6.22. The van der Waals surface area contributed by atoms with Crippen LogP contribution in [0.5, 0.6) is 0 Å². The summed E-state index contributed by atoms with van der Waals surface area (Å²) < 4.78 is 39.4. The zero-order valence-electron chi connectivity index (χ0n) is 10.7. The van der Waals surface area contributed by atoms with Gasteiger partial charge >= 0.3 is 0 Å². The lowest BCUT2D eigenvalue weighted by Crippen LogP contribution is -2.11. The number of carbonyl (C=O) groups excluding carboxylic acids is 1. The van der Waals surface area contributed by atoms with Crippen molar-refractivity contribution in [2.75, 3.05) is 0 Å². The molecule has 0 amide bonds. The average Bonchev–Trinajstić information content (AvgIpc) is 2.62. The predicted octanol–water partition coefficient (Wildman–Crippen LogP) is 4.65. The van der Waals surface area contributed by atoms with Crippen molar-refractivity contribution in [1.29, 1.82) is 0 Å². The second-order valence-corrected chi connectivity index (χ2v) is 5.23. The van der Waals surface area contributed by atoms with Gasteiger partial charge in [0, 0.05) is 12.5 Å². The second-order valence-electron chi connectivity index (χ2n) is 5.23. The molecule has 0 saturated heterocycles. The zero-order valence-corrected chi connectivity index (χ0v) is 10.7. The number of carbonyl (C=O) groups is 1. The van der Waals surface area contributed by atoms with Crippen LogP contribution < -0.4 is 0 Å². The molecule has 19 heavy (non-hydrogen) atoms. The van der Waals surface area contributed by atoms with E-state index in [-0.39, 0.29) is 17.9 Å². The van der Waals surface area contributed by atoms with Gasteiger partial charge in [-0.15, -0.1) is 0 Å². The molecule has 0 atom stereocenters. The largest absolute Gasteiger partial charge is 0.294 e. The summed E-state index contributed by atoms with van der Waals surface area (Å²) in [5.74, 6) is -3.60. The van der Waals surface area contributed by atoms with Crippen LogP contribution in [0.2, 0.25) is 0 Å². The Labute approximate surface area is 110 Å². The molecule has 0 radical (unpaired) electrons. The Balaban J connectivity index is 2.08. The quantitative estimate of drug-likeness (QED) is 0.444. The van der Waals surface area contributed by atoms with Crippen molar-refractivity contribution in [2.45, 2.75) is 44.9 Å². The maximum absolute atomic E-state index is 13.5. The third-order valence-corrected chi connectivity index (χ3v) is 3.76. The van der Waals surface area contributed by atoms with Crippen molar-refractivity contribution >= 4 is 5.78 Å². The van der Waals surface area contributed by atoms with E-state index in [4.69, 9.17) is 0 Å². The highest BCUT2D eigenvalue weighted by Crippen LogP contribution is 2.27. The summed E-state index contributed by atoms with van der Waals surface area (Å²) in [4.78, 5) is 12.0. The molecular formula is C15H17F3O. The smallest absolute Gasteiger partial charge is 0.166 e. The molecule has 1 aliphatic rings. The third-order valence-electron chi connectivity index (χ3n) is 3.76. The first-order chi connectivity index (χ1) is 9.08. The minimum Gasteiger partial charge on any atom is -0.294 e. The SMILES string of the molecule is O=C(CC1CCCCCC1)c1cc(F)c(F)cc1F. The van der Waals surface area contributed by atoms with E-state index in [0.717, 1.165) is 25.7 Å². The normalized spacial score (nSPS) is 17.2. The lowest BCUT2D eigenvalue weighted by atomic mass is 9.92. The molecule has 1 saturated carbocycles. The van der Waals surface area contributed by atoms with E-state index in [1.165, 1.54) is 12.8 Å². The maximum Gasteiger partial charge on any atom is 0.166 e. The fourth-order valence-electron chi connectivity index (χ4n) is 2.68. The summed E-state index contributed by atoms with van der Waals surface area (Å²) in [5, 5.41) is 0. The first-order valence-electron chi connectivity index (χ1n) is 6.75. The Kier molecular flexibility index (Phi) is 4.61. The Morgan fingerprint density at radius 2 is 1.53 bits per heavy atom. The fourth-order valence-corrected chi connectivity index (χ4v) is 2.68. The molecule has 1 aliphatic carbocycles. The van der Waals surface area contributed by atoms with Crippen LogP contribution in [0.15, 0.2) is 12.1 Å². The molecule has 0 unspecified atom stereocenters. The van der Waals surface area contributed by atoms with E-state index in [0.29, 0.717) is 12.1 Å². The van der Waals surface area contributed by atoms with Gasteiger partial charge in [-0.1, -0.05) is 38.5 Å². The molecule has 2 rings (SSSR count). The number of halogens is 3. The highest BCUT2D eigenvalue weighted by atomic mass is 19.2. The van der Waals surface area contributed by atoms with Gasteiger partial charge in [0.2, 0.25) is 0 Å². The lowest BCUT2D eigenvalue weighted by Gasteiger charge is -2.13. The lowest BCUT2D eigenvalue weighted by molar-refractivity contribution is 0.0952. The van der Waals surface area contributed by atoms with E-state index < -0.39 is 23.2 Å². The van der Waals surface area contributed by atoms with Crippen LogP contribution >= 0.6 is 0 Å². The first kappa shape index (κ1) is 14.1. The highest BCUT2D eigenvalue weighted by Gasteiger charge is 2.21. The first-order valence-corrected chi connectivity index (χ1v) is 6.75. The van der Waals surface area contributed by atoms with Crippen molar-refractivity contribution in [3.8, 4) is 0 Å². The van der Waals surface area contributed by atoms with E-state index in [9.17, 15) is 18.0 Å². The van der Waals surface area contributed by atoms with Crippen molar-refractivity contribution in [2.24, 2.45) is 5.92 Å². The summed E-state index contributed by atoms with van der Waals surface area (Å²) in [6.07, 6.45) is 6.64. The van der Waals surface area contributed by atoms with Crippen LogP contribution in [0.25, 0.3) is 0 Å². The van der Waals surface area contributed by atoms with Gasteiger partial charge in [-0.2, -0.15) is 0 Å². The third kappa shape index (κ3) is 3.58. The Morgan fingerprint density at radius 3 is 2.16 bits per heavy atom. The molecule has 1 fully saturated rings. The van der Waals surface area contributed by atoms with Crippen molar-refractivity contribution < 1.29 is 18.0 Å². The summed E-state index contributed by atoms with van der Waals surface area (Å²) in [5.41, 5.74) is -0.330. The molecule has 0 heterocycles. The topological polar surface area (TPSA) is 17.1 Å². The van der Waals surface area contributed by atoms with Crippen LogP contribution in [0, 0.1) is 23.4 Å². The van der Waals surface area contributed by atoms with Crippen LogP contribution in [0.3, 0.4) is 0 Å². The van der Waals surface area contributed by atoms with Gasteiger partial charge in [0.05, 0.1) is 5.56 Å². The van der Waals surface area contributed by atoms with Gasteiger partial charge in [-0.05, 0) is 12.0 Å². The molecule has 0 aromatic heterocycles. The monoisotopic (exact) mass is 270 g/mol. The molecule has 104 valence electrons. The van der Waals surface area contributed by atoms with Crippen LogP contribution in [-0.2, 0) is 0 Å². The molecule has 0 spiro atoms. The number of hydrogen-bond acceptors (Lipinski definition) is 1. The number of Topliss-reactive ketones (excluding diaryl/α,β-unsaturated/α-hetero) is 1. The standard InChI is InChI=1S/C15H17F3O/c16-12-9-14(18)13(17)8-11(12)15(19)7-10-5-3-1-2-4-6-10/h8-10H,1-7H2. The van der Waals surface area contributed by atoms with Crippen LogP contribution in [0.4, 0.5) is 13.2 Å². The molecule has 0 bridgehead atoms. The van der Waals surface area contributed by atoms with Crippen LogP contribution in [0.1, 0.15) is 55.3 Å². The molecule has 4 heteroatoms. The van der Waals surface area contributed by atoms with Gasteiger partial charge in [0.25, 0.3) is 0 Å². The molecular weight excluding hydrogens is 253 g/mol. The molecule has 0 N–H and O–H groups in total. The van der Waals surface area contributed by atoms with E-state index in [1.54, 1.807) is 0 Å². The van der Waals surface area contributed by atoms with Gasteiger partial charge in [0.1, 0.15) is 5.82 Å². The van der Waals surface area contributed by atoms with Gasteiger partial charge in [-0.3, -0.25) is 4.79 Å². The zero-order chi connectivity index (χ0) is 13.8. The van der Waals surface area contributed by atoms with Crippen molar-refractivity contribution in [3.63, 3.8) is 0 Å². The van der Waals surface area contributed by atoms with Gasteiger partial charge in [0.15, 0.2) is 17.4 Å². The number of benzene rings is 1. The number of hydrogen-bond donors (Lipinski definition) is 0. The van der Waals surface area contributed by atoms with Gasteiger partial charge < -0.3 is 0 Å². The Hall–Kier alpha value is -1.32. The minimum atomic E-state index is -1.26. The number of rotatable bonds is 3. The molecule has 1 nitrogen and oxygen atoms in total. The fraction of sp³-hybridized carbons (Fsp3) is 0.533. The summed E-state index contributed by atoms with van der Waals surface area (Å²) in [6, 6.07) is 1.11. The Morgan fingerprint density at radius 1 is 0.947 bits per heavy atom. The van der Waals surface area contributed by atoms with E-state index in [2.05, 4.69) is 0 Å². The molecule has 0 aliphatic heterocycles. The van der Waals surface area contributed by atoms with Crippen LogP contribution in [-0.4, -0.2) is 5.78 Å².